The van der Waals surface area contributed by atoms with Crippen molar-refractivity contribution < 1.29 is 29.0 Å². The zero-order valence-electron chi connectivity index (χ0n) is 18.5. The molecule has 0 radical (unpaired) electrons. The molecule has 4 bridgehead atoms. The smallest absolute Gasteiger partial charge is 0.322 e. The van der Waals surface area contributed by atoms with Gasteiger partial charge in [0.2, 0.25) is 11.8 Å². The van der Waals surface area contributed by atoms with Crippen LogP contribution < -0.4 is 15.4 Å². The number of benzene rings is 2. The van der Waals surface area contributed by atoms with Crippen LogP contribution in [0.5, 0.6) is 5.75 Å². The normalized spacial score (nSPS) is 19.3. The molecular formula is C24H27N3O6. The Morgan fingerprint density at radius 3 is 2.52 bits per heavy atom. The maximum atomic E-state index is 13.2. The highest BCUT2D eigenvalue weighted by Crippen LogP contribution is 2.25. The van der Waals surface area contributed by atoms with Crippen LogP contribution in [0.25, 0.3) is 11.1 Å². The lowest BCUT2D eigenvalue weighted by atomic mass is 10.0. The summed E-state index contributed by atoms with van der Waals surface area (Å²) in [5.41, 5.74) is 2.02. The van der Waals surface area contributed by atoms with Crippen molar-refractivity contribution in [3.05, 3.63) is 54.1 Å². The number of nitrogens with one attached hydrogen (secondary N) is 2. The molecule has 1 aliphatic rings. The highest BCUT2D eigenvalue weighted by atomic mass is 16.5. The topological polar surface area (TPSA) is 125 Å². The fraction of sp³-hybridized carbons (Fsp3) is 0.333. The molecule has 0 spiro atoms. The molecule has 9 heteroatoms. The number of carboxylic acids is 1. The van der Waals surface area contributed by atoms with Crippen LogP contribution in [0.15, 0.2) is 48.5 Å². The van der Waals surface area contributed by atoms with E-state index in [1.807, 2.05) is 30.3 Å². The van der Waals surface area contributed by atoms with Gasteiger partial charge in [-0.3, -0.25) is 19.2 Å². The average molecular weight is 453 g/mol. The van der Waals surface area contributed by atoms with Gasteiger partial charge in [-0.05, 0) is 48.7 Å². The number of aliphatic carboxylic acids is 1. The molecule has 3 N–H and O–H groups in total. The zero-order chi connectivity index (χ0) is 24.0. The van der Waals surface area contributed by atoms with E-state index in [1.165, 1.54) is 11.9 Å². The molecule has 0 aliphatic carbocycles. The molecule has 174 valence electrons. The average Bonchev–Trinajstić information content (AvgIpc) is 2.80. The van der Waals surface area contributed by atoms with Crippen LogP contribution in [-0.4, -0.2) is 66.0 Å². The van der Waals surface area contributed by atoms with Gasteiger partial charge in [0.15, 0.2) is 0 Å². The van der Waals surface area contributed by atoms with Crippen molar-refractivity contribution in [2.24, 2.45) is 0 Å². The largest absolute Gasteiger partial charge is 0.491 e. The Morgan fingerprint density at radius 2 is 1.79 bits per heavy atom. The number of carboxylic acid groups (broad SMARTS) is 1. The van der Waals surface area contributed by atoms with Crippen LogP contribution in [0, 0.1) is 0 Å². The maximum absolute atomic E-state index is 13.2. The van der Waals surface area contributed by atoms with Gasteiger partial charge in [0.05, 0.1) is 6.04 Å². The van der Waals surface area contributed by atoms with Gasteiger partial charge in [0.1, 0.15) is 24.9 Å². The second-order valence-corrected chi connectivity index (χ2v) is 7.97. The van der Waals surface area contributed by atoms with Crippen molar-refractivity contribution in [3.63, 3.8) is 0 Å². The van der Waals surface area contributed by atoms with Gasteiger partial charge >= 0.3 is 5.97 Å². The molecule has 1 heterocycles. The third-order valence-electron chi connectivity index (χ3n) is 5.33. The fourth-order valence-corrected chi connectivity index (χ4v) is 3.60. The van der Waals surface area contributed by atoms with Crippen molar-refractivity contribution in [3.8, 4) is 16.9 Å². The van der Waals surface area contributed by atoms with Gasteiger partial charge in [-0.25, -0.2) is 0 Å². The van der Waals surface area contributed by atoms with E-state index in [4.69, 9.17) is 9.84 Å². The molecule has 1 aliphatic heterocycles. The summed E-state index contributed by atoms with van der Waals surface area (Å²) in [4.78, 5) is 50.5. The Hall–Kier alpha value is -3.88. The molecule has 0 fully saturated rings. The quantitative estimate of drug-likeness (QED) is 0.649. The summed E-state index contributed by atoms with van der Waals surface area (Å²) < 4.78 is 5.82. The number of likely N-dealkylation sites (N-methyl/N-ethyl adjacent to an activating group) is 1. The monoisotopic (exact) mass is 453 g/mol. The van der Waals surface area contributed by atoms with Gasteiger partial charge in [-0.2, -0.15) is 0 Å². The SMILES string of the molecule is C[C@H]1COc2cccc(c2)-c2cccc(c2)C(=O)N(C)[C@H](C(=O)NCC(=O)O)CCC(=O)N1. The van der Waals surface area contributed by atoms with Gasteiger partial charge in [-0.15, -0.1) is 0 Å². The Labute approximate surface area is 191 Å². The molecule has 0 saturated carbocycles. The molecule has 3 rings (SSSR count). The first kappa shape index (κ1) is 23.8. The van der Waals surface area contributed by atoms with E-state index in [0.29, 0.717) is 11.3 Å². The summed E-state index contributed by atoms with van der Waals surface area (Å²) in [6.07, 6.45) is 0.00841. The lowest BCUT2D eigenvalue weighted by Gasteiger charge is -2.27. The summed E-state index contributed by atoms with van der Waals surface area (Å²) in [6, 6.07) is 13.1. The maximum Gasteiger partial charge on any atom is 0.322 e. The highest BCUT2D eigenvalue weighted by molar-refractivity contribution is 5.98. The number of amides is 3. The minimum Gasteiger partial charge on any atom is -0.491 e. The van der Waals surface area contributed by atoms with Crippen LogP contribution in [0.1, 0.15) is 30.1 Å². The van der Waals surface area contributed by atoms with Crippen LogP contribution in [0.3, 0.4) is 0 Å². The molecule has 0 saturated heterocycles. The number of carbonyl (C=O) groups excluding carboxylic acids is 3. The third kappa shape index (κ3) is 6.31. The van der Waals surface area contributed by atoms with E-state index in [-0.39, 0.29) is 31.4 Å². The summed E-state index contributed by atoms with van der Waals surface area (Å²) in [5.74, 6) is -1.91. The van der Waals surface area contributed by atoms with E-state index >= 15 is 0 Å². The van der Waals surface area contributed by atoms with Crippen molar-refractivity contribution in [2.75, 3.05) is 20.2 Å². The molecule has 2 aromatic rings. The third-order valence-corrected chi connectivity index (χ3v) is 5.33. The fourth-order valence-electron chi connectivity index (χ4n) is 3.60. The molecule has 9 nitrogen and oxygen atoms in total. The second-order valence-electron chi connectivity index (χ2n) is 7.97. The summed E-state index contributed by atoms with van der Waals surface area (Å²) >= 11 is 0. The Kier molecular flexibility index (Phi) is 7.66. The molecule has 0 unspecified atom stereocenters. The molecular weight excluding hydrogens is 426 g/mol. The van der Waals surface area contributed by atoms with Crippen LogP contribution in [0.2, 0.25) is 0 Å². The summed E-state index contributed by atoms with van der Waals surface area (Å²) in [6.45, 7) is 1.49. The Morgan fingerprint density at radius 1 is 1.12 bits per heavy atom. The van der Waals surface area contributed by atoms with Gasteiger partial charge in [0, 0.05) is 19.0 Å². The van der Waals surface area contributed by atoms with Gasteiger partial charge in [-0.1, -0.05) is 24.3 Å². The van der Waals surface area contributed by atoms with Crippen molar-refractivity contribution in [2.45, 2.75) is 31.8 Å². The van der Waals surface area contributed by atoms with Gasteiger partial charge < -0.3 is 25.4 Å². The van der Waals surface area contributed by atoms with Crippen molar-refractivity contribution in [1.29, 1.82) is 0 Å². The molecule has 2 atom stereocenters. The first-order valence-corrected chi connectivity index (χ1v) is 10.6. The Bertz CT molecular complexity index is 1050. The number of carbonyl (C=O) groups is 4. The van der Waals surface area contributed by atoms with Crippen LogP contribution in [0.4, 0.5) is 0 Å². The lowest BCUT2D eigenvalue weighted by Crippen LogP contribution is -2.49. The van der Waals surface area contributed by atoms with E-state index in [9.17, 15) is 19.2 Å². The number of fused-ring (bicyclic) bond motifs is 5. The molecule has 0 aromatic heterocycles. The Balaban J connectivity index is 1.97. The zero-order valence-corrected chi connectivity index (χ0v) is 18.5. The number of rotatable bonds is 3. The minimum atomic E-state index is -1.20. The van der Waals surface area contributed by atoms with Crippen LogP contribution in [-0.2, 0) is 14.4 Å². The van der Waals surface area contributed by atoms with E-state index < -0.39 is 30.4 Å². The van der Waals surface area contributed by atoms with E-state index in [1.54, 1.807) is 25.1 Å². The number of hydrogen-bond donors (Lipinski definition) is 3. The standard InChI is InChI=1S/C24H27N3O6/c1-15-14-33-19-8-4-6-17(12-19)16-5-3-7-18(11-16)24(32)27(2)20(9-10-21(28)26-15)23(31)25-13-22(29)30/h3-8,11-12,15,20H,9-10,13-14H2,1-2H3,(H,25,31)(H,26,28)(H,29,30)/t15-,20-/m0/s1. The molecule has 33 heavy (non-hydrogen) atoms. The predicted molar refractivity (Wildman–Crippen MR) is 121 cm³/mol. The number of hydrogen-bond acceptors (Lipinski definition) is 5. The van der Waals surface area contributed by atoms with Crippen molar-refractivity contribution in [1.82, 2.24) is 15.5 Å². The lowest BCUT2D eigenvalue weighted by molar-refractivity contribution is -0.138. The highest BCUT2D eigenvalue weighted by Gasteiger charge is 2.29. The van der Waals surface area contributed by atoms with E-state index in [0.717, 1.165) is 11.1 Å². The van der Waals surface area contributed by atoms with Gasteiger partial charge in [0.25, 0.3) is 5.91 Å². The van der Waals surface area contributed by atoms with E-state index in [2.05, 4.69) is 10.6 Å². The summed E-state index contributed by atoms with van der Waals surface area (Å²) in [7, 11) is 1.47. The molecule has 3 amide bonds. The van der Waals surface area contributed by atoms with Crippen molar-refractivity contribution >= 4 is 23.7 Å². The second kappa shape index (κ2) is 10.6. The first-order valence-electron chi connectivity index (χ1n) is 10.6. The summed E-state index contributed by atoms with van der Waals surface area (Å²) in [5, 5.41) is 14.0. The number of nitrogens with zero attached hydrogens (tertiary/aromatic N) is 1. The molecule has 2 aromatic carbocycles. The number of ether oxygens (including phenoxy) is 1. The van der Waals surface area contributed by atoms with Crippen LogP contribution >= 0.6 is 0 Å². The minimum absolute atomic E-state index is 0.0252. The first-order chi connectivity index (χ1) is 15.7. The predicted octanol–water partition coefficient (Wildman–Crippen LogP) is 1.67.